The Kier molecular flexibility index (Phi) is 5.45. The van der Waals surface area contributed by atoms with Crippen LogP contribution in [0.3, 0.4) is 0 Å². The van der Waals surface area contributed by atoms with Crippen molar-refractivity contribution in [3.05, 3.63) is 89.0 Å². The molecule has 2 aromatic carbocycles. The molecule has 4 aromatic rings. The molecule has 0 bridgehead atoms. The monoisotopic (exact) mass is 403 g/mol. The van der Waals surface area contributed by atoms with Gasteiger partial charge in [0.05, 0.1) is 24.2 Å². The summed E-state index contributed by atoms with van der Waals surface area (Å²) in [5.74, 6) is -0.630. The molecular formula is C23H21N3O4. The van der Waals surface area contributed by atoms with E-state index in [9.17, 15) is 15.0 Å². The minimum absolute atomic E-state index is 0.0857. The van der Waals surface area contributed by atoms with Crippen molar-refractivity contribution in [2.45, 2.75) is 26.7 Å². The van der Waals surface area contributed by atoms with Crippen molar-refractivity contribution in [2.75, 3.05) is 0 Å². The molecule has 0 aliphatic carbocycles. The fourth-order valence-electron chi connectivity index (χ4n) is 3.32. The van der Waals surface area contributed by atoms with Crippen LogP contribution in [0.15, 0.2) is 60.7 Å². The van der Waals surface area contributed by atoms with Crippen molar-refractivity contribution < 1.29 is 19.7 Å². The van der Waals surface area contributed by atoms with E-state index in [4.69, 9.17) is 4.74 Å². The zero-order chi connectivity index (χ0) is 21.1. The van der Waals surface area contributed by atoms with Crippen LogP contribution >= 0.6 is 0 Å². The van der Waals surface area contributed by atoms with Gasteiger partial charge in [-0.2, -0.15) is 0 Å². The number of imidazole rings is 1. The fraction of sp³-hybridized carbons (Fsp3) is 0.174. The number of carboxylic acid groups (broad SMARTS) is 1. The Morgan fingerprint density at radius 3 is 2.57 bits per heavy atom. The zero-order valence-electron chi connectivity index (χ0n) is 16.4. The van der Waals surface area contributed by atoms with Gasteiger partial charge in [-0.05, 0) is 42.3 Å². The van der Waals surface area contributed by atoms with Crippen LogP contribution in [0.1, 0.15) is 33.1 Å². The van der Waals surface area contributed by atoms with E-state index in [2.05, 4.69) is 9.97 Å². The molecule has 7 nitrogen and oxygen atoms in total. The minimum atomic E-state index is -1.13. The summed E-state index contributed by atoms with van der Waals surface area (Å²) in [6.07, 6.45) is 0. The Bertz CT molecular complexity index is 1200. The summed E-state index contributed by atoms with van der Waals surface area (Å²) >= 11 is 0. The van der Waals surface area contributed by atoms with E-state index >= 15 is 0 Å². The van der Waals surface area contributed by atoms with E-state index in [1.807, 2.05) is 49.4 Å². The standard InChI is InChI=1S/C23H21N3O4/c1-15-7-10-21(30-14-16-5-3-2-4-6-16)19(24-15)12-26-20-11-17(13-27)8-9-18(20)25-22(26)23(28)29/h2-11,27H,12-14H2,1H3,(H,28,29). The number of aliphatic hydroxyl groups is 1. The summed E-state index contributed by atoms with van der Waals surface area (Å²) in [7, 11) is 0. The van der Waals surface area contributed by atoms with E-state index in [1.165, 1.54) is 0 Å². The average molecular weight is 403 g/mol. The van der Waals surface area contributed by atoms with Crippen molar-refractivity contribution in [2.24, 2.45) is 0 Å². The summed E-state index contributed by atoms with van der Waals surface area (Å²) < 4.78 is 7.59. The van der Waals surface area contributed by atoms with Crippen LogP contribution in [-0.2, 0) is 19.8 Å². The quantitative estimate of drug-likeness (QED) is 0.490. The highest BCUT2D eigenvalue weighted by atomic mass is 16.5. The van der Waals surface area contributed by atoms with E-state index in [-0.39, 0.29) is 19.0 Å². The number of aryl methyl sites for hydroxylation is 1. The molecule has 0 saturated heterocycles. The molecule has 7 heteroatoms. The number of ether oxygens (including phenoxy) is 1. The second kappa shape index (κ2) is 8.34. The normalized spacial score (nSPS) is 11.0. The molecule has 0 amide bonds. The zero-order valence-corrected chi connectivity index (χ0v) is 16.4. The molecular weight excluding hydrogens is 382 g/mol. The SMILES string of the molecule is Cc1ccc(OCc2ccccc2)c(Cn2c(C(=O)O)nc3ccc(CO)cc32)n1. The number of aromatic nitrogens is 3. The summed E-state index contributed by atoms with van der Waals surface area (Å²) in [6.45, 7) is 2.29. The first-order valence-electron chi connectivity index (χ1n) is 9.51. The molecule has 30 heavy (non-hydrogen) atoms. The first-order chi connectivity index (χ1) is 14.5. The first-order valence-corrected chi connectivity index (χ1v) is 9.51. The number of hydrogen-bond acceptors (Lipinski definition) is 5. The number of aromatic carboxylic acids is 1. The van der Waals surface area contributed by atoms with Crippen molar-refractivity contribution >= 4 is 17.0 Å². The van der Waals surface area contributed by atoms with Gasteiger partial charge in [0.25, 0.3) is 0 Å². The Balaban J connectivity index is 1.73. The third-order valence-corrected chi connectivity index (χ3v) is 4.80. The van der Waals surface area contributed by atoms with Gasteiger partial charge in [0.15, 0.2) is 0 Å². The maximum atomic E-state index is 11.8. The number of benzene rings is 2. The molecule has 0 spiro atoms. The molecule has 0 atom stereocenters. The highest BCUT2D eigenvalue weighted by Crippen LogP contribution is 2.24. The summed E-state index contributed by atoms with van der Waals surface area (Å²) in [4.78, 5) is 20.7. The molecule has 0 radical (unpaired) electrons. The van der Waals surface area contributed by atoms with Gasteiger partial charge in [-0.25, -0.2) is 9.78 Å². The molecule has 2 N–H and O–H groups in total. The molecule has 0 fully saturated rings. The van der Waals surface area contributed by atoms with Gasteiger partial charge in [-0.3, -0.25) is 4.98 Å². The second-order valence-electron chi connectivity index (χ2n) is 6.98. The Morgan fingerprint density at radius 2 is 1.83 bits per heavy atom. The number of carboxylic acids is 1. The topological polar surface area (TPSA) is 97.5 Å². The third-order valence-electron chi connectivity index (χ3n) is 4.80. The number of hydrogen-bond donors (Lipinski definition) is 2. The fourth-order valence-corrected chi connectivity index (χ4v) is 3.32. The number of rotatable bonds is 7. The lowest BCUT2D eigenvalue weighted by molar-refractivity contribution is 0.0679. The van der Waals surface area contributed by atoms with Crippen LogP contribution in [0.4, 0.5) is 0 Å². The third kappa shape index (κ3) is 4.01. The van der Waals surface area contributed by atoms with Gasteiger partial charge < -0.3 is 19.5 Å². The Morgan fingerprint density at radius 1 is 1.03 bits per heavy atom. The smallest absolute Gasteiger partial charge is 0.372 e. The van der Waals surface area contributed by atoms with Gasteiger partial charge in [0.2, 0.25) is 5.82 Å². The van der Waals surface area contributed by atoms with E-state index < -0.39 is 5.97 Å². The number of pyridine rings is 1. The lowest BCUT2D eigenvalue weighted by Gasteiger charge is -2.14. The van der Waals surface area contributed by atoms with E-state index in [0.717, 1.165) is 11.3 Å². The molecule has 0 aliphatic heterocycles. The number of aliphatic hydroxyl groups excluding tert-OH is 1. The molecule has 4 rings (SSSR count). The predicted molar refractivity (Wildman–Crippen MR) is 111 cm³/mol. The Hall–Kier alpha value is -3.71. The highest BCUT2D eigenvalue weighted by Gasteiger charge is 2.19. The summed E-state index contributed by atoms with van der Waals surface area (Å²) in [5, 5.41) is 19.1. The highest BCUT2D eigenvalue weighted by molar-refractivity contribution is 5.90. The maximum Gasteiger partial charge on any atom is 0.372 e. The summed E-state index contributed by atoms with van der Waals surface area (Å²) in [6, 6.07) is 18.7. The predicted octanol–water partition coefficient (Wildman–Crippen LogP) is 3.56. The summed E-state index contributed by atoms with van der Waals surface area (Å²) in [5.41, 5.74) is 4.28. The lowest BCUT2D eigenvalue weighted by atomic mass is 10.2. The second-order valence-corrected chi connectivity index (χ2v) is 6.98. The van der Waals surface area contributed by atoms with Crippen molar-refractivity contribution in [3.8, 4) is 5.75 Å². The van der Waals surface area contributed by atoms with E-state index in [0.29, 0.717) is 34.6 Å². The average Bonchev–Trinajstić information content (AvgIpc) is 3.12. The molecule has 152 valence electrons. The number of fused-ring (bicyclic) bond motifs is 1. The van der Waals surface area contributed by atoms with Crippen LogP contribution in [0.25, 0.3) is 11.0 Å². The molecule has 0 saturated carbocycles. The Labute approximate surface area is 173 Å². The van der Waals surface area contributed by atoms with Crippen molar-refractivity contribution in [1.29, 1.82) is 0 Å². The van der Waals surface area contributed by atoms with Gasteiger partial charge in [-0.1, -0.05) is 36.4 Å². The lowest BCUT2D eigenvalue weighted by Crippen LogP contribution is -2.13. The van der Waals surface area contributed by atoms with Crippen molar-refractivity contribution in [3.63, 3.8) is 0 Å². The number of nitrogens with zero attached hydrogens (tertiary/aromatic N) is 3. The molecule has 0 unspecified atom stereocenters. The van der Waals surface area contributed by atoms with Gasteiger partial charge in [-0.15, -0.1) is 0 Å². The first kappa shape index (κ1) is 19.6. The van der Waals surface area contributed by atoms with E-state index in [1.54, 1.807) is 22.8 Å². The molecule has 0 aliphatic rings. The van der Waals surface area contributed by atoms with Crippen LogP contribution in [0.2, 0.25) is 0 Å². The van der Waals surface area contributed by atoms with Gasteiger partial charge in [0, 0.05) is 5.69 Å². The van der Waals surface area contributed by atoms with Gasteiger partial charge in [0.1, 0.15) is 18.1 Å². The van der Waals surface area contributed by atoms with Crippen LogP contribution in [0, 0.1) is 6.92 Å². The van der Waals surface area contributed by atoms with Gasteiger partial charge >= 0.3 is 5.97 Å². The minimum Gasteiger partial charge on any atom is -0.487 e. The van der Waals surface area contributed by atoms with Crippen LogP contribution < -0.4 is 4.74 Å². The van der Waals surface area contributed by atoms with Crippen molar-refractivity contribution in [1.82, 2.24) is 14.5 Å². The largest absolute Gasteiger partial charge is 0.487 e. The number of carbonyl (C=O) groups is 1. The molecule has 2 aromatic heterocycles. The molecule has 2 heterocycles. The van der Waals surface area contributed by atoms with Crippen LogP contribution in [0.5, 0.6) is 5.75 Å². The maximum absolute atomic E-state index is 11.8. The van der Waals surface area contributed by atoms with Crippen LogP contribution in [-0.4, -0.2) is 30.7 Å².